The van der Waals surface area contributed by atoms with Gasteiger partial charge in [0.2, 0.25) is 0 Å². The fraction of sp³-hybridized carbons (Fsp3) is 0.810. The van der Waals surface area contributed by atoms with E-state index in [1.165, 1.54) is 64.2 Å². The molecule has 126 valence electrons. The van der Waals surface area contributed by atoms with Crippen LogP contribution in [0.25, 0.3) is 0 Å². The number of hydrogen-bond acceptors (Lipinski definition) is 1. The summed E-state index contributed by atoms with van der Waals surface area (Å²) < 4.78 is 0. The first-order valence-corrected chi connectivity index (χ1v) is 9.48. The molecule has 0 amide bonds. The zero-order chi connectivity index (χ0) is 16.1. The second kappa shape index (κ2) is 20.1. The van der Waals surface area contributed by atoms with Crippen LogP contribution in [0.1, 0.15) is 103 Å². The van der Waals surface area contributed by atoms with Crippen molar-refractivity contribution < 1.29 is 5.11 Å². The molecule has 0 aromatic heterocycles. The van der Waals surface area contributed by atoms with Crippen molar-refractivity contribution in [2.24, 2.45) is 0 Å². The van der Waals surface area contributed by atoms with Crippen molar-refractivity contribution >= 4 is 0 Å². The first-order chi connectivity index (χ1) is 10.9. The van der Waals surface area contributed by atoms with E-state index in [4.69, 9.17) is 5.11 Å². The Balaban J connectivity index is 3.23. The largest absolute Gasteiger partial charge is 0.396 e. The minimum Gasteiger partial charge on any atom is -0.396 e. The zero-order valence-electron chi connectivity index (χ0n) is 14.8. The fourth-order valence-corrected chi connectivity index (χ4v) is 2.42. The average Bonchev–Trinajstić information content (AvgIpc) is 2.54. The highest BCUT2D eigenvalue weighted by atomic mass is 16.2. The molecular weight excluding hydrogens is 268 g/mol. The first-order valence-electron chi connectivity index (χ1n) is 9.48. The Hall–Kier alpha value is -0.920. The van der Waals surface area contributed by atoms with Crippen LogP contribution in [-0.2, 0) is 0 Å². The molecule has 1 nitrogen and oxygen atoms in total. The minimum absolute atomic E-state index is 0.328. The van der Waals surface area contributed by atoms with E-state index >= 15 is 0 Å². The molecule has 0 spiro atoms. The molecule has 1 heteroatoms. The van der Waals surface area contributed by atoms with Crippen LogP contribution in [0, 0.1) is 23.7 Å². The summed E-state index contributed by atoms with van der Waals surface area (Å²) in [7, 11) is 0. The van der Waals surface area contributed by atoms with E-state index in [9.17, 15) is 0 Å². The van der Waals surface area contributed by atoms with Gasteiger partial charge < -0.3 is 5.11 Å². The molecule has 0 aliphatic heterocycles. The van der Waals surface area contributed by atoms with Gasteiger partial charge in [0, 0.05) is 19.4 Å². The molecule has 1 N–H and O–H groups in total. The Labute approximate surface area is 139 Å². The van der Waals surface area contributed by atoms with Gasteiger partial charge in [0.05, 0.1) is 0 Å². The van der Waals surface area contributed by atoms with Crippen molar-refractivity contribution in [3.8, 4) is 23.7 Å². The van der Waals surface area contributed by atoms with Crippen LogP contribution in [0.4, 0.5) is 0 Å². The Morgan fingerprint density at radius 1 is 0.545 bits per heavy atom. The summed E-state index contributed by atoms with van der Waals surface area (Å²) in [6.07, 6.45) is 18.5. The van der Waals surface area contributed by atoms with Crippen molar-refractivity contribution in [2.75, 3.05) is 6.61 Å². The third-order valence-corrected chi connectivity index (χ3v) is 3.85. The summed E-state index contributed by atoms with van der Waals surface area (Å²) in [4.78, 5) is 0. The van der Waals surface area contributed by atoms with Gasteiger partial charge in [0.15, 0.2) is 0 Å². The van der Waals surface area contributed by atoms with Gasteiger partial charge in [-0.3, -0.25) is 0 Å². The van der Waals surface area contributed by atoms with E-state index in [0.29, 0.717) is 6.61 Å². The Morgan fingerprint density at radius 3 is 1.41 bits per heavy atom. The molecule has 0 aromatic carbocycles. The highest BCUT2D eigenvalue weighted by Gasteiger charge is 1.90. The topological polar surface area (TPSA) is 20.2 Å². The summed E-state index contributed by atoms with van der Waals surface area (Å²) in [5.74, 6) is 12.2. The minimum atomic E-state index is 0.328. The molecule has 0 heterocycles. The summed E-state index contributed by atoms with van der Waals surface area (Å²) in [5.41, 5.74) is 0. The number of aliphatic hydroxyl groups is 1. The lowest BCUT2D eigenvalue weighted by atomic mass is 10.1. The highest BCUT2D eigenvalue weighted by Crippen LogP contribution is 2.09. The fourth-order valence-electron chi connectivity index (χ4n) is 2.42. The average molecular weight is 305 g/mol. The standard InChI is InChI=1S/C21H36O/c1-2-3-4-5-6-7-8-9-10-11-12-13-14-15-16-17-18-19-20-21-22/h22H,2-10,15-21H2,1H3. The predicted octanol–water partition coefficient (Wildman–Crippen LogP) is 5.86. The van der Waals surface area contributed by atoms with Crippen LogP contribution in [0.15, 0.2) is 0 Å². The van der Waals surface area contributed by atoms with Gasteiger partial charge in [-0.2, -0.15) is 0 Å². The van der Waals surface area contributed by atoms with E-state index in [1.807, 2.05) is 0 Å². The molecular formula is C21H36O. The van der Waals surface area contributed by atoms with Gasteiger partial charge in [0.1, 0.15) is 0 Å². The molecule has 0 unspecified atom stereocenters. The van der Waals surface area contributed by atoms with Gasteiger partial charge in [-0.05, 0) is 31.1 Å². The summed E-state index contributed by atoms with van der Waals surface area (Å²) >= 11 is 0. The van der Waals surface area contributed by atoms with Crippen LogP contribution in [0.3, 0.4) is 0 Å². The van der Waals surface area contributed by atoms with Crippen molar-refractivity contribution in [1.29, 1.82) is 0 Å². The normalized spacial score (nSPS) is 9.73. The molecule has 0 saturated heterocycles. The van der Waals surface area contributed by atoms with Gasteiger partial charge in [-0.25, -0.2) is 0 Å². The molecule has 0 rings (SSSR count). The summed E-state index contributed by atoms with van der Waals surface area (Å²) in [6.45, 7) is 2.59. The Bertz CT molecular complexity index is 323. The lowest BCUT2D eigenvalue weighted by Crippen LogP contribution is -1.83. The molecule has 0 aliphatic carbocycles. The van der Waals surface area contributed by atoms with Crippen molar-refractivity contribution in [3.63, 3.8) is 0 Å². The maximum atomic E-state index is 8.66. The van der Waals surface area contributed by atoms with Gasteiger partial charge in [0.25, 0.3) is 0 Å². The molecule has 0 atom stereocenters. The molecule has 0 saturated carbocycles. The Morgan fingerprint density at radius 2 is 0.955 bits per heavy atom. The second-order valence-electron chi connectivity index (χ2n) is 6.07. The summed E-state index contributed by atoms with van der Waals surface area (Å²) in [5, 5.41) is 8.66. The van der Waals surface area contributed by atoms with Gasteiger partial charge in [-0.15, -0.1) is 0 Å². The molecule has 0 fully saturated rings. The first kappa shape index (κ1) is 21.1. The number of rotatable bonds is 14. The Kier molecular flexibility index (Phi) is 19.2. The quantitative estimate of drug-likeness (QED) is 0.315. The van der Waals surface area contributed by atoms with Crippen LogP contribution in [0.5, 0.6) is 0 Å². The monoisotopic (exact) mass is 304 g/mol. The van der Waals surface area contributed by atoms with E-state index < -0.39 is 0 Å². The van der Waals surface area contributed by atoms with E-state index in [2.05, 4.69) is 30.6 Å². The van der Waals surface area contributed by atoms with E-state index in [-0.39, 0.29) is 0 Å². The van der Waals surface area contributed by atoms with Crippen LogP contribution < -0.4 is 0 Å². The van der Waals surface area contributed by atoms with Gasteiger partial charge in [-0.1, -0.05) is 83.0 Å². The second-order valence-corrected chi connectivity index (χ2v) is 6.07. The van der Waals surface area contributed by atoms with Crippen molar-refractivity contribution in [1.82, 2.24) is 0 Å². The summed E-state index contributed by atoms with van der Waals surface area (Å²) in [6, 6.07) is 0. The molecule has 22 heavy (non-hydrogen) atoms. The van der Waals surface area contributed by atoms with Crippen LogP contribution in [-0.4, -0.2) is 11.7 Å². The third kappa shape index (κ3) is 19.1. The number of unbranched alkanes of at least 4 members (excludes halogenated alkanes) is 13. The number of aliphatic hydroxyl groups excluding tert-OH is 1. The molecule has 0 aliphatic rings. The van der Waals surface area contributed by atoms with Crippen LogP contribution >= 0.6 is 0 Å². The van der Waals surface area contributed by atoms with Crippen LogP contribution in [0.2, 0.25) is 0 Å². The molecule has 0 aromatic rings. The van der Waals surface area contributed by atoms with Gasteiger partial charge >= 0.3 is 0 Å². The molecule has 0 bridgehead atoms. The highest BCUT2D eigenvalue weighted by molar-refractivity contribution is 5.25. The third-order valence-electron chi connectivity index (χ3n) is 3.85. The number of hydrogen-bond donors (Lipinski definition) is 1. The van der Waals surface area contributed by atoms with Crippen molar-refractivity contribution in [3.05, 3.63) is 0 Å². The lowest BCUT2D eigenvalue weighted by molar-refractivity contribution is 0.282. The maximum absolute atomic E-state index is 8.66. The SMILES string of the molecule is CCCCCCCCCCC#CC#CCCCCCCCO. The lowest BCUT2D eigenvalue weighted by Gasteiger charge is -1.98. The zero-order valence-corrected chi connectivity index (χ0v) is 14.8. The predicted molar refractivity (Wildman–Crippen MR) is 97.6 cm³/mol. The van der Waals surface area contributed by atoms with Crippen molar-refractivity contribution in [2.45, 2.75) is 103 Å². The smallest absolute Gasteiger partial charge is 0.0431 e. The molecule has 0 radical (unpaired) electrons. The maximum Gasteiger partial charge on any atom is 0.0431 e. The van der Waals surface area contributed by atoms with E-state index in [0.717, 1.165) is 32.1 Å². The van der Waals surface area contributed by atoms with E-state index in [1.54, 1.807) is 0 Å².